The number of unbranched alkanes of at least 4 members (excludes halogenated alkanes) is 1. The van der Waals surface area contributed by atoms with E-state index in [1.165, 1.54) is 30.5 Å². The molecule has 0 aromatic rings. The lowest BCUT2D eigenvalue weighted by molar-refractivity contribution is 0.666. The SMILES string of the molecule is C/C=C(CCC)/C(=C/C(C/C=C\CCC)NC)NC.CC. The fourth-order valence-corrected chi connectivity index (χ4v) is 2.05. The zero-order valence-corrected chi connectivity index (χ0v) is 15.4. The van der Waals surface area contributed by atoms with Gasteiger partial charge in [-0.1, -0.05) is 58.8 Å². The lowest BCUT2D eigenvalue weighted by atomic mass is 10.0. The fourth-order valence-electron chi connectivity index (χ4n) is 2.05. The van der Waals surface area contributed by atoms with Crippen LogP contribution in [-0.2, 0) is 0 Å². The highest BCUT2D eigenvalue weighted by atomic mass is 14.9. The van der Waals surface area contributed by atoms with Gasteiger partial charge in [-0.05, 0) is 44.9 Å². The van der Waals surface area contributed by atoms with E-state index in [0.717, 1.165) is 12.8 Å². The van der Waals surface area contributed by atoms with Crippen molar-refractivity contribution in [2.24, 2.45) is 0 Å². The first-order chi connectivity index (χ1) is 10.2. The van der Waals surface area contributed by atoms with Gasteiger partial charge in [0.25, 0.3) is 0 Å². The number of nitrogens with one attached hydrogen (secondary N) is 2. The van der Waals surface area contributed by atoms with E-state index in [1.807, 2.05) is 27.9 Å². The monoisotopic (exact) mass is 294 g/mol. The third-order valence-corrected chi connectivity index (χ3v) is 3.23. The summed E-state index contributed by atoms with van der Waals surface area (Å²) < 4.78 is 0. The van der Waals surface area contributed by atoms with E-state index < -0.39 is 0 Å². The van der Waals surface area contributed by atoms with Crippen molar-refractivity contribution in [2.45, 2.75) is 72.8 Å². The molecule has 0 saturated carbocycles. The lowest BCUT2D eigenvalue weighted by Crippen LogP contribution is -2.24. The van der Waals surface area contributed by atoms with Crippen molar-refractivity contribution >= 4 is 0 Å². The number of hydrogen-bond acceptors (Lipinski definition) is 2. The number of hydrogen-bond donors (Lipinski definition) is 2. The molecule has 0 aliphatic rings. The first-order valence-electron chi connectivity index (χ1n) is 8.60. The molecular formula is C19H38N2. The van der Waals surface area contributed by atoms with E-state index in [9.17, 15) is 0 Å². The number of rotatable bonds is 10. The summed E-state index contributed by atoms with van der Waals surface area (Å²) in [5.74, 6) is 0. The van der Waals surface area contributed by atoms with Crippen LogP contribution in [0.25, 0.3) is 0 Å². The van der Waals surface area contributed by atoms with E-state index in [1.54, 1.807) is 0 Å². The molecule has 2 heteroatoms. The van der Waals surface area contributed by atoms with Gasteiger partial charge in [-0.3, -0.25) is 0 Å². The minimum atomic E-state index is 0.391. The molecule has 0 aromatic carbocycles. The molecule has 0 aliphatic carbocycles. The Balaban J connectivity index is 0. The maximum absolute atomic E-state index is 3.37. The van der Waals surface area contributed by atoms with Gasteiger partial charge in [0.2, 0.25) is 0 Å². The molecule has 0 aliphatic heterocycles. The van der Waals surface area contributed by atoms with E-state index in [4.69, 9.17) is 0 Å². The van der Waals surface area contributed by atoms with Crippen molar-refractivity contribution in [3.8, 4) is 0 Å². The summed E-state index contributed by atoms with van der Waals surface area (Å²) in [6, 6.07) is 0.391. The summed E-state index contributed by atoms with van der Waals surface area (Å²) in [5.41, 5.74) is 2.66. The summed E-state index contributed by atoms with van der Waals surface area (Å²) in [4.78, 5) is 0. The highest BCUT2D eigenvalue weighted by molar-refractivity contribution is 5.30. The smallest absolute Gasteiger partial charge is 0.0342 e. The second-order valence-electron chi connectivity index (χ2n) is 4.79. The van der Waals surface area contributed by atoms with Crippen molar-refractivity contribution in [3.63, 3.8) is 0 Å². The van der Waals surface area contributed by atoms with Gasteiger partial charge in [0.05, 0.1) is 0 Å². The molecule has 124 valence electrons. The quantitative estimate of drug-likeness (QED) is 0.427. The summed E-state index contributed by atoms with van der Waals surface area (Å²) in [6.45, 7) is 10.5. The molecule has 0 amide bonds. The van der Waals surface area contributed by atoms with Crippen molar-refractivity contribution in [1.82, 2.24) is 10.6 Å². The summed E-state index contributed by atoms with van der Waals surface area (Å²) in [5, 5.41) is 6.70. The van der Waals surface area contributed by atoms with Crippen LogP contribution in [0.3, 0.4) is 0 Å². The van der Waals surface area contributed by atoms with Crippen LogP contribution in [0, 0.1) is 0 Å². The molecular weight excluding hydrogens is 256 g/mol. The molecule has 0 heterocycles. The zero-order valence-electron chi connectivity index (χ0n) is 15.4. The first kappa shape index (κ1) is 22.3. The van der Waals surface area contributed by atoms with Gasteiger partial charge in [-0.15, -0.1) is 0 Å². The predicted octanol–water partition coefficient (Wildman–Crippen LogP) is 5.20. The van der Waals surface area contributed by atoms with Crippen molar-refractivity contribution in [3.05, 3.63) is 35.6 Å². The molecule has 1 atom stereocenters. The number of allylic oxidation sites excluding steroid dienone is 3. The second-order valence-corrected chi connectivity index (χ2v) is 4.79. The van der Waals surface area contributed by atoms with Crippen LogP contribution in [0.1, 0.15) is 66.7 Å². The summed E-state index contributed by atoms with van der Waals surface area (Å²) in [6.07, 6.45) is 14.8. The van der Waals surface area contributed by atoms with E-state index in [-0.39, 0.29) is 0 Å². The normalized spacial score (nSPS) is 13.9. The minimum absolute atomic E-state index is 0.391. The minimum Gasteiger partial charge on any atom is -0.388 e. The van der Waals surface area contributed by atoms with Gasteiger partial charge in [0.1, 0.15) is 0 Å². The second kappa shape index (κ2) is 17.0. The van der Waals surface area contributed by atoms with Crippen LogP contribution in [-0.4, -0.2) is 20.1 Å². The van der Waals surface area contributed by atoms with Crippen LogP contribution in [0.15, 0.2) is 35.6 Å². The Morgan fingerprint density at radius 1 is 1.05 bits per heavy atom. The Kier molecular flexibility index (Phi) is 18.1. The summed E-state index contributed by atoms with van der Waals surface area (Å²) in [7, 11) is 4.03. The molecule has 2 nitrogen and oxygen atoms in total. The molecule has 21 heavy (non-hydrogen) atoms. The van der Waals surface area contributed by atoms with Crippen LogP contribution < -0.4 is 10.6 Å². The zero-order chi connectivity index (χ0) is 16.5. The van der Waals surface area contributed by atoms with Crippen LogP contribution >= 0.6 is 0 Å². The topological polar surface area (TPSA) is 24.1 Å². The van der Waals surface area contributed by atoms with Gasteiger partial charge < -0.3 is 10.6 Å². The van der Waals surface area contributed by atoms with Gasteiger partial charge >= 0.3 is 0 Å². The van der Waals surface area contributed by atoms with Gasteiger partial charge in [-0.25, -0.2) is 0 Å². The Labute approximate surface area is 133 Å². The van der Waals surface area contributed by atoms with Gasteiger partial charge in [0.15, 0.2) is 0 Å². The van der Waals surface area contributed by atoms with Crippen molar-refractivity contribution in [2.75, 3.05) is 14.1 Å². The van der Waals surface area contributed by atoms with E-state index >= 15 is 0 Å². The van der Waals surface area contributed by atoms with Crippen LogP contribution in [0.5, 0.6) is 0 Å². The molecule has 1 unspecified atom stereocenters. The molecule has 0 fully saturated rings. The lowest BCUT2D eigenvalue weighted by Gasteiger charge is -2.16. The Bertz CT molecular complexity index is 301. The van der Waals surface area contributed by atoms with Crippen LogP contribution in [0.2, 0.25) is 0 Å². The maximum Gasteiger partial charge on any atom is 0.0342 e. The molecule has 0 saturated heterocycles. The van der Waals surface area contributed by atoms with E-state index in [2.05, 4.69) is 55.7 Å². The molecule has 0 aromatic heterocycles. The van der Waals surface area contributed by atoms with Gasteiger partial charge in [-0.2, -0.15) is 0 Å². The average molecular weight is 295 g/mol. The average Bonchev–Trinajstić information content (AvgIpc) is 2.54. The third kappa shape index (κ3) is 11.3. The van der Waals surface area contributed by atoms with Crippen molar-refractivity contribution < 1.29 is 0 Å². The first-order valence-corrected chi connectivity index (χ1v) is 8.60. The maximum atomic E-state index is 3.37. The molecule has 0 rings (SSSR count). The predicted molar refractivity (Wildman–Crippen MR) is 98.7 cm³/mol. The highest BCUT2D eigenvalue weighted by Gasteiger charge is 2.06. The molecule has 0 spiro atoms. The molecule has 0 bridgehead atoms. The fraction of sp³-hybridized carbons (Fsp3) is 0.684. The molecule has 0 radical (unpaired) electrons. The third-order valence-electron chi connectivity index (χ3n) is 3.23. The summed E-state index contributed by atoms with van der Waals surface area (Å²) >= 11 is 0. The Hall–Kier alpha value is -1.02. The van der Waals surface area contributed by atoms with E-state index in [0.29, 0.717) is 6.04 Å². The van der Waals surface area contributed by atoms with Crippen molar-refractivity contribution in [1.29, 1.82) is 0 Å². The largest absolute Gasteiger partial charge is 0.388 e. The Morgan fingerprint density at radius 3 is 2.14 bits per heavy atom. The Morgan fingerprint density at radius 2 is 1.71 bits per heavy atom. The van der Waals surface area contributed by atoms with Gasteiger partial charge in [0, 0.05) is 18.8 Å². The highest BCUT2D eigenvalue weighted by Crippen LogP contribution is 2.15. The number of likely N-dealkylation sites (N-methyl/N-ethyl adjacent to an activating group) is 2. The van der Waals surface area contributed by atoms with Crippen LogP contribution in [0.4, 0.5) is 0 Å². The molecule has 2 N–H and O–H groups in total. The standard InChI is InChI=1S/C17H32N2.C2H6/c1-6-9-10-11-13-16(18-4)14-17(19-5)15(8-3)12-7-2;1-2/h8,10-11,14,16,18-19H,6-7,9,12-13H2,1-5H3;1-2H3/b11-10-,15-8+,17-14-;.